The van der Waals surface area contributed by atoms with Gasteiger partial charge in [-0.1, -0.05) is 5.16 Å². The van der Waals surface area contributed by atoms with Crippen molar-refractivity contribution in [1.29, 1.82) is 0 Å². The van der Waals surface area contributed by atoms with Crippen molar-refractivity contribution < 1.29 is 13.3 Å². The van der Waals surface area contributed by atoms with E-state index < -0.39 is 11.6 Å². The highest BCUT2D eigenvalue weighted by Crippen LogP contribution is 2.29. The second-order valence-electron chi connectivity index (χ2n) is 3.60. The summed E-state index contributed by atoms with van der Waals surface area (Å²) in [6.45, 7) is 3.22. The summed E-state index contributed by atoms with van der Waals surface area (Å²) in [5.41, 5.74) is 6.86. The highest BCUT2D eigenvalue weighted by molar-refractivity contribution is 5.67. The van der Waals surface area contributed by atoms with Gasteiger partial charge in [-0.15, -0.1) is 0 Å². The minimum Gasteiger partial charge on any atom is -0.367 e. The van der Waals surface area contributed by atoms with Crippen LogP contribution in [0.2, 0.25) is 0 Å². The van der Waals surface area contributed by atoms with Gasteiger partial charge in [-0.2, -0.15) is 0 Å². The highest BCUT2D eigenvalue weighted by atomic mass is 19.1. The molecule has 0 atom stereocenters. The van der Waals surface area contributed by atoms with Gasteiger partial charge in [-0.25, -0.2) is 8.78 Å². The molecule has 1 aromatic carbocycles. The Morgan fingerprint density at radius 1 is 1.19 bits per heavy atom. The van der Waals surface area contributed by atoms with Gasteiger partial charge >= 0.3 is 0 Å². The topological polar surface area (TPSA) is 52.0 Å². The molecule has 5 heteroatoms. The predicted octanol–water partition coefficient (Wildman–Crippen LogP) is 2.82. The van der Waals surface area contributed by atoms with Gasteiger partial charge in [0.25, 0.3) is 0 Å². The Hall–Kier alpha value is -1.91. The van der Waals surface area contributed by atoms with Crippen LogP contribution in [-0.4, -0.2) is 5.16 Å². The molecule has 0 bridgehead atoms. The minimum atomic E-state index is -0.681. The van der Waals surface area contributed by atoms with Gasteiger partial charge in [-0.05, 0) is 25.5 Å². The van der Waals surface area contributed by atoms with Gasteiger partial charge in [0.2, 0.25) is 5.88 Å². The molecule has 1 heterocycles. The minimum absolute atomic E-state index is 0.136. The molecule has 0 fully saturated rings. The first-order valence-corrected chi connectivity index (χ1v) is 4.68. The van der Waals surface area contributed by atoms with E-state index in [0.29, 0.717) is 16.8 Å². The van der Waals surface area contributed by atoms with Gasteiger partial charge in [0.15, 0.2) is 0 Å². The Morgan fingerprint density at radius 3 is 2.44 bits per heavy atom. The lowest BCUT2D eigenvalue weighted by Crippen LogP contribution is -1.92. The van der Waals surface area contributed by atoms with Crippen LogP contribution in [-0.2, 0) is 0 Å². The number of hydrogen-bond donors (Lipinski definition) is 1. The fraction of sp³-hybridized carbons (Fsp3) is 0.182. The summed E-state index contributed by atoms with van der Waals surface area (Å²) in [5.74, 6) is -1.13. The van der Waals surface area contributed by atoms with Crippen LogP contribution in [0.25, 0.3) is 11.3 Å². The highest BCUT2D eigenvalue weighted by Gasteiger charge is 2.16. The number of aromatic nitrogens is 1. The molecule has 0 aliphatic carbocycles. The predicted molar refractivity (Wildman–Crippen MR) is 55.7 cm³/mol. The lowest BCUT2D eigenvalue weighted by Gasteiger charge is -2.03. The first-order valence-electron chi connectivity index (χ1n) is 4.68. The number of nitrogens with two attached hydrogens (primary N) is 1. The van der Waals surface area contributed by atoms with Crippen molar-refractivity contribution in [3.8, 4) is 11.3 Å². The van der Waals surface area contributed by atoms with Crippen LogP contribution < -0.4 is 5.73 Å². The molecule has 84 valence electrons. The molecule has 2 N–H and O–H groups in total. The second kappa shape index (κ2) is 3.59. The number of rotatable bonds is 1. The third-order valence-electron chi connectivity index (χ3n) is 2.46. The van der Waals surface area contributed by atoms with E-state index in [2.05, 4.69) is 5.16 Å². The quantitative estimate of drug-likeness (QED) is 0.810. The summed E-state index contributed by atoms with van der Waals surface area (Å²) in [6.07, 6.45) is 0. The lowest BCUT2D eigenvalue weighted by atomic mass is 10.0. The van der Waals surface area contributed by atoms with Crippen molar-refractivity contribution in [2.75, 3.05) is 5.73 Å². The van der Waals surface area contributed by atoms with E-state index in [4.69, 9.17) is 10.3 Å². The monoisotopic (exact) mass is 224 g/mol. The summed E-state index contributed by atoms with van der Waals surface area (Å²) < 4.78 is 31.4. The molecule has 0 saturated heterocycles. The average Bonchev–Trinajstić information content (AvgIpc) is 2.54. The number of nitrogen functional groups attached to an aromatic ring is 1. The Bertz CT molecular complexity index is 549. The average molecular weight is 224 g/mol. The van der Waals surface area contributed by atoms with E-state index in [1.54, 1.807) is 13.8 Å². The van der Waals surface area contributed by atoms with Gasteiger partial charge < -0.3 is 10.3 Å². The van der Waals surface area contributed by atoms with E-state index in [-0.39, 0.29) is 11.4 Å². The van der Waals surface area contributed by atoms with Crippen LogP contribution >= 0.6 is 0 Å². The van der Waals surface area contributed by atoms with Crippen LogP contribution in [0.4, 0.5) is 14.7 Å². The van der Waals surface area contributed by atoms with Crippen LogP contribution in [0.1, 0.15) is 11.1 Å². The molecule has 0 aliphatic rings. The van der Waals surface area contributed by atoms with E-state index in [1.165, 1.54) is 6.07 Å². The van der Waals surface area contributed by atoms with Crippen LogP contribution in [0, 0.1) is 25.5 Å². The summed E-state index contributed by atoms with van der Waals surface area (Å²) in [5, 5.41) is 3.65. The Balaban J connectivity index is 2.65. The van der Waals surface area contributed by atoms with Crippen molar-refractivity contribution in [2.45, 2.75) is 13.8 Å². The second-order valence-corrected chi connectivity index (χ2v) is 3.60. The molecule has 0 radical (unpaired) electrons. The van der Waals surface area contributed by atoms with Gasteiger partial charge in [0.05, 0.1) is 0 Å². The van der Waals surface area contributed by atoms with E-state index in [9.17, 15) is 8.78 Å². The molecule has 0 amide bonds. The van der Waals surface area contributed by atoms with Crippen molar-refractivity contribution in [3.63, 3.8) is 0 Å². The first-order chi connectivity index (χ1) is 7.50. The SMILES string of the molecule is Cc1cc(-c2noc(N)c2C)c(F)cc1F. The third-order valence-corrected chi connectivity index (χ3v) is 2.46. The molecule has 0 aliphatic heterocycles. The largest absolute Gasteiger partial charge is 0.367 e. The van der Waals surface area contributed by atoms with Gasteiger partial charge in [0, 0.05) is 17.2 Å². The maximum Gasteiger partial charge on any atom is 0.225 e. The fourth-order valence-electron chi connectivity index (χ4n) is 1.44. The maximum absolute atomic E-state index is 13.5. The fourth-order valence-corrected chi connectivity index (χ4v) is 1.44. The summed E-state index contributed by atoms with van der Waals surface area (Å²) >= 11 is 0. The van der Waals surface area contributed by atoms with E-state index in [1.807, 2.05) is 0 Å². The lowest BCUT2D eigenvalue weighted by molar-refractivity contribution is 0.438. The Labute approximate surface area is 90.9 Å². The van der Waals surface area contributed by atoms with Crippen molar-refractivity contribution >= 4 is 5.88 Å². The number of aryl methyl sites for hydroxylation is 1. The van der Waals surface area contributed by atoms with Crippen LogP contribution in [0.5, 0.6) is 0 Å². The Kier molecular flexibility index (Phi) is 2.38. The summed E-state index contributed by atoms with van der Waals surface area (Å²) in [4.78, 5) is 0. The van der Waals surface area contributed by atoms with E-state index in [0.717, 1.165) is 6.07 Å². The summed E-state index contributed by atoms with van der Waals surface area (Å²) in [7, 11) is 0. The van der Waals surface area contributed by atoms with E-state index >= 15 is 0 Å². The van der Waals surface area contributed by atoms with Gasteiger partial charge in [0.1, 0.15) is 17.3 Å². The maximum atomic E-state index is 13.5. The smallest absolute Gasteiger partial charge is 0.225 e. The first kappa shape index (κ1) is 10.6. The normalized spacial score (nSPS) is 10.8. The molecule has 2 rings (SSSR count). The molecule has 3 nitrogen and oxygen atoms in total. The number of nitrogens with zero attached hydrogens (tertiary/aromatic N) is 1. The number of benzene rings is 1. The molecule has 0 unspecified atom stereocenters. The number of halogens is 2. The summed E-state index contributed by atoms with van der Waals surface area (Å²) in [6, 6.07) is 2.21. The number of anilines is 1. The molecule has 1 aromatic heterocycles. The zero-order valence-corrected chi connectivity index (χ0v) is 8.84. The van der Waals surface area contributed by atoms with Crippen molar-refractivity contribution in [1.82, 2.24) is 5.16 Å². The zero-order chi connectivity index (χ0) is 11.9. The van der Waals surface area contributed by atoms with Crippen LogP contribution in [0.15, 0.2) is 16.7 Å². The standard InChI is InChI=1S/C11H10F2N2O/c1-5-3-7(9(13)4-8(5)12)10-6(2)11(14)16-15-10/h3-4H,14H2,1-2H3. The third kappa shape index (κ3) is 1.54. The molecule has 0 saturated carbocycles. The van der Waals surface area contributed by atoms with Crippen LogP contribution in [0.3, 0.4) is 0 Å². The van der Waals surface area contributed by atoms with Crippen molar-refractivity contribution in [3.05, 3.63) is 34.9 Å². The molecule has 2 aromatic rings. The Morgan fingerprint density at radius 2 is 1.88 bits per heavy atom. The molecule has 0 spiro atoms. The zero-order valence-electron chi connectivity index (χ0n) is 8.84. The van der Waals surface area contributed by atoms with Crippen molar-refractivity contribution in [2.24, 2.45) is 0 Å². The molecular formula is C11H10F2N2O. The number of hydrogen-bond acceptors (Lipinski definition) is 3. The molecular weight excluding hydrogens is 214 g/mol. The molecule has 16 heavy (non-hydrogen) atoms. The van der Waals surface area contributed by atoms with Gasteiger partial charge in [-0.3, -0.25) is 0 Å².